The van der Waals surface area contributed by atoms with Gasteiger partial charge in [0.2, 0.25) is 16.8 Å². The van der Waals surface area contributed by atoms with Gasteiger partial charge in [0.25, 0.3) is 0 Å². The van der Waals surface area contributed by atoms with Gasteiger partial charge in [-0.15, -0.1) is 0 Å². The Morgan fingerprint density at radius 2 is 1.73 bits per heavy atom. The second-order valence-electron chi connectivity index (χ2n) is 10.4. The summed E-state index contributed by atoms with van der Waals surface area (Å²) in [7, 11) is -1.80. The normalized spacial score (nSPS) is 15.1. The molecule has 6 nitrogen and oxygen atoms in total. The summed E-state index contributed by atoms with van der Waals surface area (Å²) in [6.45, 7) is 2.78. The number of carbonyl (C=O) groups is 1. The van der Waals surface area contributed by atoms with Crippen LogP contribution in [0.3, 0.4) is 0 Å². The molecule has 0 aromatic heterocycles. The number of nitrogens with zero attached hydrogens (tertiary/aromatic N) is 2. The van der Waals surface area contributed by atoms with Gasteiger partial charge in [-0.05, 0) is 73.1 Å². The Morgan fingerprint density at radius 3 is 2.34 bits per heavy atom. The summed E-state index contributed by atoms with van der Waals surface area (Å²) in [5, 5.41) is 2.77. The van der Waals surface area contributed by atoms with Gasteiger partial charge in [0.1, 0.15) is 5.82 Å². The van der Waals surface area contributed by atoms with Crippen LogP contribution in [0, 0.1) is 11.7 Å². The Morgan fingerprint density at radius 1 is 1.05 bits per heavy atom. The molecule has 41 heavy (non-hydrogen) atoms. The predicted octanol–water partition coefficient (Wildman–Crippen LogP) is 5.69. The lowest BCUT2D eigenvalue weighted by atomic mass is 9.89. The van der Waals surface area contributed by atoms with Crippen LogP contribution >= 0.6 is 0 Å². The summed E-state index contributed by atoms with van der Waals surface area (Å²) < 4.78 is 78.4. The van der Waals surface area contributed by atoms with Crippen molar-refractivity contribution in [3.63, 3.8) is 0 Å². The van der Waals surface area contributed by atoms with Crippen LogP contribution in [-0.4, -0.2) is 34.5 Å². The molecule has 3 aromatic carbocycles. The highest BCUT2D eigenvalue weighted by Crippen LogP contribution is 2.35. The van der Waals surface area contributed by atoms with Gasteiger partial charge in [-0.25, -0.2) is 12.8 Å². The Kier molecular flexibility index (Phi) is 9.57. The first-order chi connectivity index (χ1) is 19.4. The van der Waals surface area contributed by atoms with Crippen LogP contribution in [0.5, 0.6) is 0 Å². The molecule has 1 unspecified atom stereocenters. The third-order valence-corrected chi connectivity index (χ3v) is 8.35. The van der Waals surface area contributed by atoms with E-state index in [0.29, 0.717) is 35.8 Å². The van der Waals surface area contributed by atoms with Gasteiger partial charge in [0.05, 0.1) is 17.2 Å². The summed E-state index contributed by atoms with van der Waals surface area (Å²) in [5.41, 5.74) is 1.69. The number of hydrogen-bond acceptors (Lipinski definition) is 4. The topological polar surface area (TPSA) is 69.7 Å². The highest BCUT2D eigenvalue weighted by molar-refractivity contribution is 7.74. The standard InChI is InChI=1S/C30H33F4N3O3S/c1-20(23-9-11-27(26(31)17-23)36(2)41(39)40)29(38)35-19-24-8-10-25(30(32,33)34)18-28(24)37-14-12-22(13-15-37)16-21-6-4-3-5-7-21/h3-11,17-18,20,22,41H,12-16,19H2,1-2H3,(H,35,38). The molecule has 1 heterocycles. The zero-order chi connectivity index (χ0) is 29.7. The van der Waals surface area contributed by atoms with Crippen LogP contribution < -0.4 is 14.5 Å². The van der Waals surface area contributed by atoms with Gasteiger partial charge in [-0.2, -0.15) is 13.2 Å². The number of halogens is 4. The largest absolute Gasteiger partial charge is 0.416 e. The molecule has 0 saturated carbocycles. The fourth-order valence-corrected chi connectivity index (χ4v) is 5.48. The van der Waals surface area contributed by atoms with Crippen molar-refractivity contribution in [2.75, 3.05) is 29.3 Å². The van der Waals surface area contributed by atoms with Crippen molar-refractivity contribution in [3.05, 3.63) is 94.8 Å². The molecule has 1 fully saturated rings. The van der Waals surface area contributed by atoms with Crippen LogP contribution in [0.2, 0.25) is 0 Å². The average molecular weight is 592 g/mol. The van der Waals surface area contributed by atoms with Crippen molar-refractivity contribution in [2.45, 2.75) is 44.8 Å². The second kappa shape index (κ2) is 12.9. The maximum Gasteiger partial charge on any atom is 0.416 e. The van der Waals surface area contributed by atoms with Crippen molar-refractivity contribution in [1.82, 2.24) is 5.32 Å². The van der Waals surface area contributed by atoms with E-state index in [1.807, 2.05) is 23.1 Å². The Hall–Kier alpha value is -3.60. The molecule has 0 bridgehead atoms. The van der Waals surface area contributed by atoms with Crippen LogP contribution in [-0.2, 0) is 34.8 Å². The van der Waals surface area contributed by atoms with Gasteiger partial charge in [0.15, 0.2) is 0 Å². The molecule has 0 aliphatic carbocycles. The minimum Gasteiger partial charge on any atom is -0.371 e. The smallest absolute Gasteiger partial charge is 0.371 e. The second-order valence-corrected chi connectivity index (χ2v) is 11.4. The molecule has 4 rings (SSSR count). The molecule has 0 radical (unpaired) electrons. The SMILES string of the molecule is CC(C(=O)NCc1ccc(C(F)(F)F)cc1N1CCC(Cc2ccccc2)CC1)c1ccc(N(C)[SH](=O)=O)c(F)c1. The van der Waals surface area contributed by atoms with Crippen molar-refractivity contribution < 1.29 is 30.8 Å². The number of benzene rings is 3. The van der Waals surface area contributed by atoms with Crippen LogP contribution in [0.1, 0.15) is 47.9 Å². The van der Waals surface area contributed by atoms with E-state index < -0.39 is 40.3 Å². The van der Waals surface area contributed by atoms with Gasteiger partial charge < -0.3 is 10.2 Å². The van der Waals surface area contributed by atoms with Crippen LogP contribution in [0.15, 0.2) is 66.7 Å². The molecule has 1 aliphatic heterocycles. The summed E-state index contributed by atoms with van der Waals surface area (Å²) in [6, 6.07) is 17.6. The van der Waals surface area contributed by atoms with Crippen molar-refractivity contribution >= 4 is 28.2 Å². The molecule has 3 aromatic rings. The number of carbonyl (C=O) groups excluding carboxylic acids is 1. The van der Waals surface area contributed by atoms with Gasteiger partial charge in [0, 0.05) is 32.4 Å². The monoisotopic (exact) mass is 591 g/mol. The number of piperidine rings is 1. The minimum absolute atomic E-state index is 0.000544. The Bertz CT molecular complexity index is 1430. The Balaban J connectivity index is 1.46. The van der Waals surface area contributed by atoms with Crippen molar-refractivity contribution in [2.24, 2.45) is 5.92 Å². The van der Waals surface area contributed by atoms with E-state index in [2.05, 4.69) is 17.4 Å². The summed E-state index contributed by atoms with van der Waals surface area (Å²) >= 11 is 0. The van der Waals surface area contributed by atoms with E-state index in [1.54, 1.807) is 6.92 Å². The third-order valence-electron chi connectivity index (χ3n) is 7.65. The van der Waals surface area contributed by atoms with E-state index in [9.17, 15) is 30.8 Å². The highest BCUT2D eigenvalue weighted by atomic mass is 32.2. The number of rotatable bonds is 9. The Labute approximate surface area is 239 Å². The quantitative estimate of drug-likeness (QED) is 0.248. The summed E-state index contributed by atoms with van der Waals surface area (Å²) in [4.78, 5) is 14.9. The fraction of sp³-hybridized carbons (Fsp3) is 0.367. The van der Waals surface area contributed by atoms with E-state index in [1.165, 1.54) is 30.8 Å². The first-order valence-electron chi connectivity index (χ1n) is 13.4. The maximum absolute atomic E-state index is 14.5. The van der Waals surface area contributed by atoms with Gasteiger partial charge in [-0.1, -0.05) is 42.5 Å². The molecule has 1 amide bonds. The average Bonchev–Trinajstić information content (AvgIpc) is 2.95. The molecule has 11 heteroatoms. The van der Waals surface area contributed by atoms with E-state index in [0.717, 1.165) is 41.8 Å². The zero-order valence-corrected chi connectivity index (χ0v) is 23.7. The predicted molar refractivity (Wildman–Crippen MR) is 152 cm³/mol. The van der Waals surface area contributed by atoms with Gasteiger partial charge in [-0.3, -0.25) is 9.10 Å². The van der Waals surface area contributed by atoms with Crippen LogP contribution in [0.25, 0.3) is 0 Å². The van der Waals surface area contributed by atoms with E-state index in [4.69, 9.17) is 0 Å². The molecular weight excluding hydrogens is 558 g/mol. The van der Waals surface area contributed by atoms with Gasteiger partial charge >= 0.3 is 6.18 Å². The molecule has 220 valence electrons. The first kappa shape index (κ1) is 30.4. The number of nitrogens with one attached hydrogen (secondary N) is 1. The maximum atomic E-state index is 14.5. The molecule has 0 spiro atoms. The lowest BCUT2D eigenvalue weighted by Gasteiger charge is -2.35. The zero-order valence-electron chi connectivity index (χ0n) is 22.8. The molecule has 1 atom stereocenters. The minimum atomic E-state index is -4.50. The number of amides is 1. The number of anilines is 2. The van der Waals surface area contributed by atoms with Crippen molar-refractivity contribution in [3.8, 4) is 0 Å². The third kappa shape index (κ3) is 7.58. The highest BCUT2D eigenvalue weighted by Gasteiger charge is 2.32. The molecule has 1 N–H and O–H groups in total. The number of thiol groups is 1. The summed E-state index contributed by atoms with van der Waals surface area (Å²) in [6.07, 6.45) is -1.90. The number of alkyl halides is 3. The lowest BCUT2D eigenvalue weighted by molar-refractivity contribution is -0.137. The van der Waals surface area contributed by atoms with Crippen LogP contribution in [0.4, 0.5) is 28.9 Å². The first-order valence-corrected chi connectivity index (χ1v) is 14.5. The molecule has 1 aliphatic rings. The molecule has 1 saturated heterocycles. The van der Waals surface area contributed by atoms with Crippen molar-refractivity contribution in [1.29, 1.82) is 0 Å². The number of hydrogen-bond donors (Lipinski definition) is 2. The summed E-state index contributed by atoms with van der Waals surface area (Å²) in [5.74, 6) is -1.57. The van der Waals surface area contributed by atoms with E-state index >= 15 is 0 Å². The van der Waals surface area contributed by atoms with E-state index in [-0.39, 0.29) is 12.2 Å². The molecular formula is C30H33F4N3O3S. The lowest BCUT2D eigenvalue weighted by Crippen LogP contribution is -2.36. The fourth-order valence-electron chi connectivity index (χ4n) is 5.14.